The van der Waals surface area contributed by atoms with Crippen molar-refractivity contribution in [3.63, 3.8) is 0 Å². The molecule has 1 aliphatic heterocycles. The summed E-state index contributed by atoms with van der Waals surface area (Å²) in [5.74, 6) is 2.14. The monoisotopic (exact) mass is 414 g/mol. The number of ketones is 1. The van der Waals surface area contributed by atoms with E-state index in [1.54, 1.807) is 23.5 Å². The molecule has 0 bridgehead atoms. The van der Waals surface area contributed by atoms with Gasteiger partial charge in [0.2, 0.25) is 0 Å². The molecule has 144 valence electrons. The second-order valence-electron chi connectivity index (χ2n) is 6.75. The Morgan fingerprint density at radius 3 is 1.93 bits per heavy atom. The lowest BCUT2D eigenvalue weighted by molar-refractivity contribution is 0.103. The van der Waals surface area contributed by atoms with E-state index in [2.05, 4.69) is 36.4 Å². The second-order valence-corrected chi connectivity index (χ2v) is 9.22. The lowest BCUT2D eigenvalue weighted by atomic mass is 9.86. The average Bonchev–Trinajstić information content (AvgIpc) is 3.32. The maximum atomic E-state index is 13.6. The van der Waals surface area contributed by atoms with E-state index >= 15 is 0 Å². The SMILES string of the molecule is O=C(C(=C1SCCS1)C(/C=C/c1ccccc1)c1ccccc1)c1ccccc1. The van der Waals surface area contributed by atoms with Crippen LogP contribution < -0.4 is 0 Å². The maximum Gasteiger partial charge on any atom is 0.191 e. The molecule has 0 N–H and O–H groups in total. The summed E-state index contributed by atoms with van der Waals surface area (Å²) < 4.78 is 1.16. The third-order valence-corrected chi connectivity index (χ3v) is 7.55. The van der Waals surface area contributed by atoms with E-state index in [4.69, 9.17) is 0 Å². The highest BCUT2D eigenvalue weighted by Gasteiger charge is 2.28. The summed E-state index contributed by atoms with van der Waals surface area (Å²) in [5.41, 5.74) is 3.91. The minimum absolute atomic E-state index is 0.0859. The largest absolute Gasteiger partial charge is 0.289 e. The Bertz CT molecular complexity index is 1000. The van der Waals surface area contributed by atoms with Crippen molar-refractivity contribution in [3.8, 4) is 0 Å². The fourth-order valence-electron chi connectivity index (χ4n) is 3.38. The van der Waals surface area contributed by atoms with Gasteiger partial charge in [0.15, 0.2) is 5.78 Å². The molecule has 1 aliphatic rings. The second kappa shape index (κ2) is 9.82. The molecule has 1 nitrogen and oxygen atoms in total. The van der Waals surface area contributed by atoms with Crippen LogP contribution in [0.25, 0.3) is 6.08 Å². The Hall–Kier alpha value is -2.49. The molecular weight excluding hydrogens is 392 g/mol. The highest BCUT2D eigenvalue weighted by atomic mass is 32.2. The van der Waals surface area contributed by atoms with E-state index in [1.165, 1.54) is 0 Å². The highest BCUT2D eigenvalue weighted by Crippen LogP contribution is 2.44. The zero-order valence-electron chi connectivity index (χ0n) is 16.0. The summed E-state index contributed by atoms with van der Waals surface area (Å²) in [4.78, 5) is 13.6. The minimum Gasteiger partial charge on any atom is -0.289 e. The van der Waals surface area contributed by atoms with Crippen molar-refractivity contribution >= 4 is 35.4 Å². The Morgan fingerprint density at radius 1 is 0.759 bits per heavy atom. The van der Waals surface area contributed by atoms with Crippen LogP contribution in [0.3, 0.4) is 0 Å². The van der Waals surface area contributed by atoms with Crippen molar-refractivity contribution in [1.82, 2.24) is 0 Å². The first-order valence-corrected chi connectivity index (χ1v) is 11.7. The number of thioether (sulfide) groups is 2. The van der Waals surface area contributed by atoms with Crippen molar-refractivity contribution in [2.75, 3.05) is 11.5 Å². The molecule has 0 aliphatic carbocycles. The number of hydrogen-bond donors (Lipinski definition) is 0. The topological polar surface area (TPSA) is 17.1 Å². The fourth-order valence-corrected chi connectivity index (χ4v) is 6.00. The first kappa shape index (κ1) is 19.8. The molecular formula is C26H22OS2. The van der Waals surface area contributed by atoms with E-state index in [-0.39, 0.29) is 11.7 Å². The fraction of sp³-hybridized carbons (Fsp3) is 0.115. The lowest BCUT2D eigenvalue weighted by Crippen LogP contribution is -2.12. The number of carbonyl (C=O) groups is 1. The van der Waals surface area contributed by atoms with Gasteiger partial charge in [-0.25, -0.2) is 0 Å². The first-order chi connectivity index (χ1) is 14.3. The number of benzene rings is 3. The van der Waals surface area contributed by atoms with Crippen LogP contribution in [0, 0.1) is 0 Å². The van der Waals surface area contributed by atoms with E-state index in [0.29, 0.717) is 0 Å². The molecule has 1 saturated heterocycles. The quantitative estimate of drug-likeness (QED) is 0.317. The molecule has 1 fully saturated rings. The molecule has 29 heavy (non-hydrogen) atoms. The van der Waals surface area contributed by atoms with Crippen LogP contribution in [0.2, 0.25) is 0 Å². The summed E-state index contributed by atoms with van der Waals surface area (Å²) in [6.45, 7) is 0. The van der Waals surface area contributed by atoms with Crippen LogP contribution in [0.1, 0.15) is 27.4 Å². The number of rotatable bonds is 6. The van der Waals surface area contributed by atoms with Crippen molar-refractivity contribution < 1.29 is 4.79 Å². The van der Waals surface area contributed by atoms with Gasteiger partial charge in [-0.15, -0.1) is 23.5 Å². The van der Waals surface area contributed by atoms with Crippen LogP contribution in [-0.2, 0) is 0 Å². The van der Waals surface area contributed by atoms with E-state index in [1.807, 2.05) is 66.7 Å². The molecule has 0 radical (unpaired) electrons. The lowest BCUT2D eigenvalue weighted by Gasteiger charge is -2.19. The predicted octanol–water partition coefficient (Wildman–Crippen LogP) is 7.06. The van der Waals surface area contributed by atoms with Gasteiger partial charge in [0.05, 0.1) is 0 Å². The third-order valence-electron chi connectivity index (χ3n) is 4.80. The van der Waals surface area contributed by atoms with E-state index in [0.717, 1.165) is 38.0 Å². The molecule has 0 amide bonds. The normalized spacial score (nSPS) is 14.8. The van der Waals surface area contributed by atoms with Crippen molar-refractivity contribution in [2.45, 2.75) is 5.92 Å². The minimum atomic E-state index is -0.0859. The third kappa shape index (κ3) is 4.92. The van der Waals surface area contributed by atoms with E-state index in [9.17, 15) is 4.79 Å². The molecule has 1 heterocycles. The van der Waals surface area contributed by atoms with Gasteiger partial charge in [0, 0.05) is 32.8 Å². The maximum absolute atomic E-state index is 13.6. The zero-order chi connectivity index (χ0) is 19.9. The summed E-state index contributed by atoms with van der Waals surface area (Å²) in [6, 6.07) is 30.2. The van der Waals surface area contributed by atoms with Crippen LogP contribution in [0.15, 0.2) is 107 Å². The smallest absolute Gasteiger partial charge is 0.191 e. The van der Waals surface area contributed by atoms with Gasteiger partial charge < -0.3 is 0 Å². The van der Waals surface area contributed by atoms with Crippen LogP contribution >= 0.6 is 23.5 Å². The number of hydrogen-bond acceptors (Lipinski definition) is 3. The van der Waals surface area contributed by atoms with Gasteiger partial charge in [0.25, 0.3) is 0 Å². The van der Waals surface area contributed by atoms with Crippen molar-refractivity contribution in [3.05, 3.63) is 124 Å². The van der Waals surface area contributed by atoms with Gasteiger partial charge >= 0.3 is 0 Å². The van der Waals surface area contributed by atoms with Gasteiger partial charge in [0.1, 0.15) is 0 Å². The molecule has 4 rings (SSSR count). The summed E-state index contributed by atoms with van der Waals surface area (Å²) in [5, 5.41) is 0. The molecule has 1 unspecified atom stereocenters. The number of Topliss-reactive ketones (excluding diaryl/α,β-unsaturated/α-hetero) is 1. The molecule has 3 heteroatoms. The van der Waals surface area contributed by atoms with Crippen LogP contribution in [0.4, 0.5) is 0 Å². The first-order valence-electron chi connectivity index (χ1n) is 9.70. The molecule has 0 spiro atoms. The Morgan fingerprint density at radius 2 is 1.31 bits per heavy atom. The van der Waals surface area contributed by atoms with Gasteiger partial charge in [-0.1, -0.05) is 103 Å². The number of carbonyl (C=O) groups excluding carboxylic acids is 1. The predicted molar refractivity (Wildman–Crippen MR) is 127 cm³/mol. The summed E-state index contributed by atoms with van der Waals surface area (Å²) in [7, 11) is 0. The van der Waals surface area contributed by atoms with Gasteiger partial charge in [-0.3, -0.25) is 4.79 Å². The molecule has 1 atom stereocenters. The van der Waals surface area contributed by atoms with Crippen molar-refractivity contribution in [2.24, 2.45) is 0 Å². The van der Waals surface area contributed by atoms with Crippen LogP contribution in [0.5, 0.6) is 0 Å². The molecule has 0 saturated carbocycles. The van der Waals surface area contributed by atoms with E-state index < -0.39 is 0 Å². The van der Waals surface area contributed by atoms with Crippen LogP contribution in [-0.4, -0.2) is 17.3 Å². The zero-order valence-corrected chi connectivity index (χ0v) is 17.7. The molecule has 3 aromatic rings. The summed E-state index contributed by atoms with van der Waals surface area (Å²) in [6.07, 6.45) is 4.30. The average molecular weight is 415 g/mol. The van der Waals surface area contributed by atoms with Gasteiger partial charge in [-0.05, 0) is 11.1 Å². The van der Waals surface area contributed by atoms with Crippen molar-refractivity contribution in [1.29, 1.82) is 0 Å². The summed E-state index contributed by atoms with van der Waals surface area (Å²) >= 11 is 3.61. The Labute approximate surface area is 180 Å². The molecule has 0 aromatic heterocycles. The Kier molecular flexibility index (Phi) is 6.71. The van der Waals surface area contributed by atoms with Gasteiger partial charge in [-0.2, -0.15) is 0 Å². The standard InChI is InChI=1S/C26H22OS2/c27-25(22-14-8-3-9-15-22)24(26-28-18-19-29-26)23(21-12-6-2-7-13-21)17-16-20-10-4-1-5-11-20/h1-17,23H,18-19H2/b17-16+. The Balaban J connectivity index is 1.81. The molecule has 3 aromatic carbocycles. The highest BCUT2D eigenvalue weighted by molar-refractivity contribution is 8.25. The number of allylic oxidation sites excluding steroid dienone is 2.